The lowest BCUT2D eigenvalue weighted by Gasteiger charge is -2.35. The summed E-state index contributed by atoms with van der Waals surface area (Å²) < 4.78 is 0. The van der Waals surface area contributed by atoms with E-state index < -0.39 is 11.8 Å². The van der Waals surface area contributed by atoms with Crippen LogP contribution in [-0.4, -0.2) is 40.7 Å². The van der Waals surface area contributed by atoms with Crippen LogP contribution in [0, 0.1) is 11.8 Å². The van der Waals surface area contributed by atoms with Gasteiger partial charge in [-0.05, 0) is 48.1 Å². The van der Waals surface area contributed by atoms with Crippen LogP contribution in [0.5, 0.6) is 0 Å². The number of likely N-dealkylation sites (tertiary alicyclic amines) is 1. The molecule has 0 spiro atoms. The molecule has 3 rings (SSSR count). The number of carbonyl (C=O) groups excluding carboxylic acids is 3. The van der Waals surface area contributed by atoms with Gasteiger partial charge in [0.05, 0.1) is 11.3 Å². The minimum atomic E-state index is -0.806. The molecule has 1 aromatic heterocycles. The Balaban J connectivity index is 1.66. The maximum Gasteiger partial charge on any atom is 0.313 e. The molecule has 7 heteroatoms. The molecule has 152 valence electrons. The number of nitrogens with one attached hydrogen (secondary N) is 2. The summed E-state index contributed by atoms with van der Waals surface area (Å²) in [7, 11) is 0. The van der Waals surface area contributed by atoms with Crippen LogP contribution in [0.1, 0.15) is 36.2 Å². The fourth-order valence-electron chi connectivity index (χ4n) is 3.72. The van der Waals surface area contributed by atoms with Gasteiger partial charge in [0.25, 0.3) is 5.91 Å². The van der Waals surface area contributed by atoms with Crippen LogP contribution >= 0.6 is 0 Å². The second kappa shape index (κ2) is 9.32. The van der Waals surface area contributed by atoms with Crippen LogP contribution in [0.4, 0.5) is 5.69 Å². The molecule has 0 bridgehead atoms. The fourth-order valence-corrected chi connectivity index (χ4v) is 3.72. The monoisotopic (exact) mass is 394 g/mol. The van der Waals surface area contributed by atoms with Crippen molar-refractivity contribution in [2.24, 2.45) is 11.8 Å². The van der Waals surface area contributed by atoms with Crippen molar-refractivity contribution in [1.82, 2.24) is 15.2 Å². The van der Waals surface area contributed by atoms with E-state index in [1.54, 1.807) is 48.8 Å². The zero-order valence-corrected chi connectivity index (χ0v) is 16.7. The first-order chi connectivity index (χ1) is 13.9. The third-order valence-electron chi connectivity index (χ3n) is 4.97. The number of nitrogens with zero attached hydrogens (tertiary/aromatic N) is 2. The average molecular weight is 394 g/mol. The molecule has 1 aliphatic heterocycles. The average Bonchev–Trinajstić information content (AvgIpc) is 2.72. The molecule has 1 aliphatic rings. The molecule has 1 fully saturated rings. The van der Waals surface area contributed by atoms with E-state index in [1.807, 2.05) is 4.90 Å². The minimum absolute atomic E-state index is 0.128. The van der Waals surface area contributed by atoms with E-state index in [0.29, 0.717) is 36.2 Å². The van der Waals surface area contributed by atoms with Crippen molar-refractivity contribution >= 4 is 23.4 Å². The summed E-state index contributed by atoms with van der Waals surface area (Å²) in [4.78, 5) is 43.3. The van der Waals surface area contributed by atoms with Crippen LogP contribution in [0.15, 0.2) is 48.8 Å². The van der Waals surface area contributed by atoms with Crippen LogP contribution in [-0.2, 0) is 16.1 Å². The number of rotatable bonds is 4. The normalized spacial score (nSPS) is 18.8. The van der Waals surface area contributed by atoms with Crippen molar-refractivity contribution < 1.29 is 14.4 Å². The molecule has 0 aliphatic carbocycles. The predicted molar refractivity (Wildman–Crippen MR) is 110 cm³/mol. The lowest BCUT2D eigenvalue weighted by molar-refractivity contribution is -0.136. The number of hydrogen-bond donors (Lipinski definition) is 2. The third kappa shape index (κ3) is 5.40. The molecule has 2 unspecified atom stereocenters. The SMILES string of the molecule is CC1CC(C)CN(C(=O)c2ccccc2NC(=O)C(=O)NCc2ccncc2)C1. The summed E-state index contributed by atoms with van der Waals surface area (Å²) in [5, 5.41) is 5.15. The van der Waals surface area contributed by atoms with E-state index in [1.165, 1.54) is 0 Å². The molecule has 0 radical (unpaired) electrons. The Morgan fingerprint density at radius 2 is 1.66 bits per heavy atom. The van der Waals surface area contributed by atoms with Gasteiger partial charge in [-0.1, -0.05) is 26.0 Å². The Kier molecular flexibility index (Phi) is 6.59. The van der Waals surface area contributed by atoms with Gasteiger partial charge in [-0.25, -0.2) is 0 Å². The first-order valence-electron chi connectivity index (χ1n) is 9.80. The Labute approximate surface area is 170 Å². The molecule has 2 atom stereocenters. The molecule has 29 heavy (non-hydrogen) atoms. The molecule has 2 aromatic rings. The van der Waals surface area contributed by atoms with Gasteiger partial charge in [-0.3, -0.25) is 19.4 Å². The molecule has 7 nitrogen and oxygen atoms in total. The van der Waals surface area contributed by atoms with Gasteiger partial charge in [0, 0.05) is 32.0 Å². The van der Waals surface area contributed by atoms with E-state index in [4.69, 9.17) is 0 Å². The summed E-state index contributed by atoms with van der Waals surface area (Å²) in [6.45, 7) is 5.88. The van der Waals surface area contributed by atoms with Gasteiger partial charge >= 0.3 is 11.8 Å². The zero-order chi connectivity index (χ0) is 20.8. The number of hydrogen-bond acceptors (Lipinski definition) is 4. The zero-order valence-electron chi connectivity index (χ0n) is 16.7. The molecule has 2 N–H and O–H groups in total. The van der Waals surface area contributed by atoms with Gasteiger partial charge in [0.15, 0.2) is 0 Å². The molecule has 1 aromatic carbocycles. The largest absolute Gasteiger partial charge is 0.344 e. The molecular weight excluding hydrogens is 368 g/mol. The Hall–Kier alpha value is -3.22. The minimum Gasteiger partial charge on any atom is -0.344 e. The van der Waals surface area contributed by atoms with Crippen molar-refractivity contribution in [2.75, 3.05) is 18.4 Å². The third-order valence-corrected chi connectivity index (χ3v) is 4.97. The van der Waals surface area contributed by atoms with Gasteiger partial charge in [-0.2, -0.15) is 0 Å². The van der Waals surface area contributed by atoms with E-state index in [9.17, 15) is 14.4 Å². The topological polar surface area (TPSA) is 91.4 Å². The molecular formula is C22H26N4O3. The summed E-state index contributed by atoms with van der Waals surface area (Å²) >= 11 is 0. The van der Waals surface area contributed by atoms with Gasteiger partial charge in [-0.15, -0.1) is 0 Å². The lowest BCUT2D eigenvalue weighted by Crippen LogP contribution is -2.43. The van der Waals surface area contributed by atoms with E-state index in [2.05, 4.69) is 29.5 Å². The molecule has 3 amide bonds. The molecule has 0 saturated carbocycles. The number of anilines is 1. The van der Waals surface area contributed by atoms with Gasteiger partial charge in [0.2, 0.25) is 0 Å². The highest BCUT2D eigenvalue weighted by Gasteiger charge is 2.28. The maximum atomic E-state index is 13.0. The van der Waals surface area contributed by atoms with Crippen LogP contribution in [0.25, 0.3) is 0 Å². The quantitative estimate of drug-likeness (QED) is 0.780. The summed E-state index contributed by atoms with van der Waals surface area (Å²) in [6, 6.07) is 10.3. The van der Waals surface area contributed by atoms with Crippen molar-refractivity contribution in [3.8, 4) is 0 Å². The number of piperidine rings is 1. The first-order valence-corrected chi connectivity index (χ1v) is 9.80. The van der Waals surface area contributed by atoms with Gasteiger partial charge < -0.3 is 15.5 Å². The summed E-state index contributed by atoms with van der Waals surface area (Å²) in [5.74, 6) is -0.827. The van der Waals surface area contributed by atoms with Gasteiger partial charge in [0.1, 0.15) is 0 Å². The van der Waals surface area contributed by atoms with Crippen LogP contribution < -0.4 is 10.6 Å². The van der Waals surface area contributed by atoms with E-state index in [0.717, 1.165) is 12.0 Å². The van der Waals surface area contributed by atoms with Crippen LogP contribution in [0.2, 0.25) is 0 Å². The predicted octanol–water partition coefficient (Wildman–Crippen LogP) is 2.45. The van der Waals surface area contributed by atoms with Crippen molar-refractivity contribution in [3.05, 3.63) is 59.9 Å². The first kappa shape index (κ1) is 20.5. The standard InChI is InChI=1S/C22H26N4O3/c1-15-11-16(2)14-26(13-15)22(29)18-5-3-4-6-19(18)25-21(28)20(27)24-12-17-7-9-23-10-8-17/h3-10,15-16H,11-14H2,1-2H3,(H,24,27)(H,25,28). The number of carbonyl (C=O) groups is 3. The Bertz CT molecular complexity index is 875. The number of aromatic nitrogens is 1. The lowest BCUT2D eigenvalue weighted by atomic mass is 9.91. The number of para-hydroxylation sites is 1. The van der Waals surface area contributed by atoms with Crippen LogP contribution in [0.3, 0.4) is 0 Å². The molecule has 1 saturated heterocycles. The highest BCUT2D eigenvalue weighted by molar-refractivity contribution is 6.40. The second-order valence-corrected chi connectivity index (χ2v) is 7.69. The van der Waals surface area contributed by atoms with E-state index >= 15 is 0 Å². The van der Waals surface area contributed by atoms with Crippen molar-refractivity contribution in [1.29, 1.82) is 0 Å². The molecule has 2 heterocycles. The number of benzene rings is 1. The van der Waals surface area contributed by atoms with Crippen molar-refractivity contribution in [3.63, 3.8) is 0 Å². The Morgan fingerprint density at radius 1 is 1.00 bits per heavy atom. The van der Waals surface area contributed by atoms with Crippen molar-refractivity contribution in [2.45, 2.75) is 26.8 Å². The Morgan fingerprint density at radius 3 is 2.34 bits per heavy atom. The highest BCUT2D eigenvalue weighted by atomic mass is 16.2. The number of pyridine rings is 1. The smallest absolute Gasteiger partial charge is 0.313 e. The summed E-state index contributed by atoms with van der Waals surface area (Å²) in [5.41, 5.74) is 1.57. The fraction of sp³-hybridized carbons (Fsp3) is 0.364. The number of amides is 3. The second-order valence-electron chi connectivity index (χ2n) is 7.69. The maximum absolute atomic E-state index is 13.0. The summed E-state index contributed by atoms with van der Waals surface area (Å²) in [6.07, 6.45) is 4.33. The van der Waals surface area contributed by atoms with E-state index in [-0.39, 0.29) is 12.5 Å². The highest BCUT2D eigenvalue weighted by Crippen LogP contribution is 2.25.